The Morgan fingerprint density at radius 3 is 1.89 bits per heavy atom. The normalized spacial score (nSPS) is 13.2. The summed E-state index contributed by atoms with van der Waals surface area (Å²) in [5, 5.41) is 3.24. The van der Waals surface area contributed by atoms with Gasteiger partial charge in [-0.2, -0.15) is 0 Å². The van der Waals surface area contributed by atoms with Crippen LogP contribution in [-0.4, -0.2) is 21.7 Å². The Morgan fingerprint density at radius 2 is 1.42 bits per heavy atom. The number of rotatable bonds is 4. The maximum Gasteiger partial charge on any atom is 0.175 e. The van der Waals surface area contributed by atoms with E-state index in [9.17, 15) is 8.42 Å². The molecule has 1 atom stereocenters. The second-order valence-corrected chi connectivity index (χ2v) is 6.49. The van der Waals surface area contributed by atoms with Crippen molar-refractivity contribution in [2.24, 2.45) is 0 Å². The fourth-order valence-corrected chi connectivity index (χ4v) is 2.71. The topological polar surface area (TPSA) is 46.2 Å². The lowest BCUT2D eigenvalue weighted by Gasteiger charge is -2.17. The third-order valence-electron chi connectivity index (χ3n) is 3.06. The highest BCUT2D eigenvalue weighted by Gasteiger charge is 2.13. The third-order valence-corrected chi connectivity index (χ3v) is 4.19. The van der Waals surface area contributed by atoms with Crippen molar-refractivity contribution < 1.29 is 8.42 Å². The molecule has 1 N–H and O–H groups in total. The van der Waals surface area contributed by atoms with E-state index < -0.39 is 9.84 Å². The van der Waals surface area contributed by atoms with E-state index in [1.807, 2.05) is 49.5 Å². The number of hydrogen-bond donors (Lipinski definition) is 1. The third kappa shape index (κ3) is 3.22. The lowest BCUT2D eigenvalue weighted by molar-refractivity contribution is 0.601. The van der Waals surface area contributed by atoms with Gasteiger partial charge in [0.05, 0.1) is 10.9 Å². The van der Waals surface area contributed by atoms with Crippen molar-refractivity contribution in [1.82, 2.24) is 5.32 Å². The molecule has 0 aromatic heterocycles. The van der Waals surface area contributed by atoms with Crippen LogP contribution in [0.2, 0.25) is 0 Å². The summed E-state index contributed by atoms with van der Waals surface area (Å²) in [5.74, 6) is 0. The van der Waals surface area contributed by atoms with E-state index in [0.29, 0.717) is 4.90 Å². The van der Waals surface area contributed by atoms with E-state index in [0.717, 1.165) is 11.1 Å². The Morgan fingerprint density at radius 1 is 0.895 bits per heavy atom. The molecule has 2 aromatic rings. The summed E-state index contributed by atoms with van der Waals surface area (Å²) in [6.45, 7) is 0. The molecule has 0 aliphatic heterocycles. The minimum atomic E-state index is -3.14. The molecule has 0 fully saturated rings. The lowest BCUT2D eigenvalue weighted by atomic mass is 9.99. The molecule has 0 saturated carbocycles. The molecule has 100 valence electrons. The van der Waals surface area contributed by atoms with Crippen molar-refractivity contribution in [2.75, 3.05) is 13.3 Å². The standard InChI is InChI=1S/C15H17NO2S/c1-16-15(12-6-4-3-5-7-12)13-8-10-14(11-9-13)19(2,17)18/h3-11,15-16H,1-2H3. The van der Waals surface area contributed by atoms with Crippen molar-refractivity contribution >= 4 is 9.84 Å². The second-order valence-electron chi connectivity index (χ2n) is 4.47. The molecule has 0 radical (unpaired) electrons. The molecule has 0 amide bonds. The van der Waals surface area contributed by atoms with Gasteiger partial charge in [0.1, 0.15) is 0 Å². The van der Waals surface area contributed by atoms with Crippen LogP contribution in [0.1, 0.15) is 17.2 Å². The fourth-order valence-electron chi connectivity index (χ4n) is 2.08. The number of nitrogens with one attached hydrogen (secondary N) is 1. The first kappa shape index (κ1) is 13.8. The van der Waals surface area contributed by atoms with Crippen molar-refractivity contribution in [2.45, 2.75) is 10.9 Å². The molecule has 0 spiro atoms. The SMILES string of the molecule is CNC(c1ccccc1)c1ccc(S(C)(=O)=O)cc1. The van der Waals surface area contributed by atoms with Gasteiger partial charge in [-0.3, -0.25) is 0 Å². The fraction of sp³-hybridized carbons (Fsp3) is 0.200. The molecule has 0 aliphatic carbocycles. The van der Waals surface area contributed by atoms with Gasteiger partial charge in [-0.05, 0) is 30.3 Å². The van der Waals surface area contributed by atoms with Crippen LogP contribution in [-0.2, 0) is 9.84 Å². The molecule has 2 rings (SSSR count). The average molecular weight is 275 g/mol. The van der Waals surface area contributed by atoms with Gasteiger partial charge >= 0.3 is 0 Å². The van der Waals surface area contributed by atoms with Gasteiger partial charge in [-0.25, -0.2) is 8.42 Å². The number of sulfone groups is 1. The van der Waals surface area contributed by atoms with Gasteiger partial charge in [0.2, 0.25) is 0 Å². The quantitative estimate of drug-likeness (QED) is 0.932. The smallest absolute Gasteiger partial charge is 0.175 e. The maximum atomic E-state index is 11.4. The number of benzene rings is 2. The molecule has 3 nitrogen and oxygen atoms in total. The molecule has 0 bridgehead atoms. The monoisotopic (exact) mass is 275 g/mol. The van der Waals surface area contributed by atoms with Crippen LogP contribution in [0.25, 0.3) is 0 Å². The summed E-state index contributed by atoms with van der Waals surface area (Å²) in [6.07, 6.45) is 1.22. The van der Waals surface area contributed by atoms with Crippen molar-refractivity contribution in [3.05, 3.63) is 65.7 Å². The minimum absolute atomic E-state index is 0.0646. The van der Waals surface area contributed by atoms with Gasteiger partial charge in [-0.15, -0.1) is 0 Å². The predicted octanol–water partition coefficient (Wildman–Crippen LogP) is 2.40. The molecule has 0 heterocycles. The van der Waals surface area contributed by atoms with Crippen LogP contribution in [0.15, 0.2) is 59.5 Å². The second kappa shape index (κ2) is 5.55. The summed E-state index contributed by atoms with van der Waals surface area (Å²) in [6, 6.07) is 17.1. The van der Waals surface area contributed by atoms with E-state index >= 15 is 0 Å². The molecule has 4 heteroatoms. The molecule has 2 aromatic carbocycles. The van der Waals surface area contributed by atoms with E-state index in [-0.39, 0.29) is 6.04 Å². The van der Waals surface area contributed by atoms with Crippen LogP contribution in [0, 0.1) is 0 Å². The Hall–Kier alpha value is -1.65. The summed E-state index contributed by atoms with van der Waals surface area (Å²) in [4.78, 5) is 0.346. The summed E-state index contributed by atoms with van der Waals surface area (Å²) in [7, 11) is -1.25. The predicted molar refractivity (Wildman–Crippen MR) is 76.9 cm³/mol. The first-order valence-electron chi connectivity index (χ1n) is 6.04. The van der Waals surface area contributed by atoms with E-state index in [1.165, 1.54) is 6.26 Å². The van der Waals surface area contributed by atoms with Crippen molar-refractivity contribution in [3.63, 3.8) is 0 Å². The van der Waals surface area contributed by atoms with Crippen LogP contribution in [0.3, 0.4) is 0 Å². The molecular weight excluding hydrogens is 258 g/mol. The Balaban J connectivity index is 2.35. The highest BCUT2D eigenvalue weighted by Crippen LogP contribution is 2.22. The van der Waals surface area contributed by atoms with Gasteiger partial charge in [-0.1, -0.05) is 42.5 Å². The summed E-state index contributed by atoms with van der Waals surface area (Å²) >= 11 is 0. The highest BCUT2D eigenvalue weighted by atomic mass is 32.2. The lowest BCUT2D eigenvalue weighted by Crippen LogP contribution is -2.17. The Kier molecular flexibility index (Phi) is 4.02. The largest absolute Gasteiger partial charge is 0.309 e. The Bertz CT molecular complexity index is 634. The van der Waals surface area contributed by atoms with Gasteiger partial charge in [0.15, 0.2) is 9.84 Å². The first-order valence-corrected chi connectivity index (χ1v) is 7.94. The molecule has 0 aliphatic rings. The van der Waals surface area contributed by atoms with Crippen LogP contribution < -0.4 is 5.32 Å². The maximum absolute atomic E-state index is 11.4. The Labute approximate surface area is 114 Å². The zero-order valence-corrected chi connectivity index (χ0v) is 11.8. The minimum Gasteiger partial charge on any atom is -0.309 e. The van der Waals surface area contributed by atoms with Gasteiger partial charge < -0.3 is 5.32 Å². The van der Waals surface area contributed by atoms with Crippen LogP contribution in [0.4, 0.5) is 0 Å². The summed E-state index contributed by atoms with van der Waals surface area (Å²) < 4.78 is 22.9. The van der Waals surface area contributed by atoms with Crippen molar-refractivity contribution in [3.8, 4) is 0 Å². The molecule has 0 saturated heterocycles. The highest BCUT2D eigenvalue weighted by molar-refractivity contribution is 7.90. The van der Waals surface area contributed by atoms with Crippen molar-refractivity contribution in [1.29, 1.82) is 0 Å². The van der Waals surface area contributed by atoms with Gasteiger partial charge in [0, 0.05) is 6.26 Å². The van der Waals surface area contributed by atoms with Gasteiger partial charge in [0.25, 0.3) is 0 Å². The summed E-state index contributed by atoms with van der Waals surface area (Å²) in [5.41, 5.74) is 2.19. The first-order chi connectivity index (χ1) is 9.02. The van der Waals surface area contributed by atoms with E-state index in [1.54, 1.807) is 12.1 Å². The molecule has 19 heavy (non-hydrogen) atoms. The average Bonchev–Trinajstić information content (AvgIpc) is 2.40. The zero-order valence-electron chi connectivity index (χ0n) is 11.0. The number of hydrogen-bond acceptors (Lipinski definition) is 3. The van der Waals surface area contributed by atoms with Crippen LogP contribution >= 0.6 is 0 Å². The van der Waals surface area contributed by atoms with Crippen LogP contribution in [0.5, 0.6) is 0 Å². The zero-order chi connectivity index (χ0) is 13.9. The van der Waals surface area contributed by atoms with E-state index in [4.69, 9.17) is 0 Å². The molecular formula is C15H17NO2S. The van der Waals surface area contributed by atoms with E-state index in [2.05, 4.69) is 5.32 Å². The molecule has 1 unspecified atom stereocenters.